The summed E-state index contributed by atoms with van der Waals surface area (Å²) in [5.74, 6) is 0.127. The minimum Gasteiger partial charge on any atom is -0.379 e. The van der Waals surface area contributed by atoms with E-state index in [-0.39, 0.29) is 11.5 Å². The summed E-state index contributed by atoms with van der Waals surface area (Å²) in [6, 6.07) is 12.5. The third kappa shape index (κ3) is 3.23. The summed E-state index contributed by atoms with van der Waals surface area (Å²) in [5, 5.41) is 9.21. The lowest BCUT2D eigenvalue weighted by Gasteiger charge is -2.33. The molecule has 0 aliphatic heterocycles. The normalized spacial score (nSPS) is 20.4. The van der Waals surface area contributed by atoms with Crippen molar-refractivity contribution in [3.8, 4) is 11.1 Å². The number of amides is 1. The molecule has 1 amide bonds. The smallest absolute Gasteiger partial charge is 0.252 e. The van der Waals surface area contributed by atoms with Gasteiger partial charge in [-0.15, -0.1) is 0 Å². The number of primary amides is 1. The van der Waals surface area contributed by atoms with E-state index in [9.17, 15) is 4.79 Å². The molecule has 4 aromatic rings. The summed E-state index contributed by atoms with van der Waals surface area (Å²) >= 11 is 0. The Morgan fingerprint density at radius 1 is 1.16 bits per heavy atom. The molecular formula is C25H27N5O. The molecule has 6 nitrogen and oxygen atoms in total. The Morgan fingerprint density at radius 3 is 2.71 bits per heavy atom. The molecule has 1 aliphatic rings. The van der Waals surface area contributed by atoms with Crippen LogP contribution in [0, 0.1) is 11.3 Å². The Hall–Kier alpha value is -3.41. The molecule has 158 valence electrons. The van der Waals surface area contributed by atoms with Crippen molar-refractivity contribution in [3.63, 3.8) is 0 Å². The molecule has 31 heavy (non-hydrogen) atoms. The summed E-state index contributed by atoms with van der Waals surface area (Å²) in [6.45, 7) is 6.87. The number of fused-ring (bicyclic) bond motifs is 2. The van der Waals surface area contributed by atoms with E-state index in [4.69, 9.17) is 5.73 Å². The minimum atomic E-state index is -0.475. The van der Waals surface area contributed by atoms with Gasteiger partial charge in [0.1, 0.15) is 0 Å². The maximum atomic E-state index is 12.2. The van der Waals surface area contributed by atoms with Gasteiger partial charge in [0.05, 0.1) is 28.5 Å². The average molecular weight is 414 g/mol. The first kappa shape index (κ1) is 19.5. The van der Waals surface area contributed by atoms with Gasteiger partial charge in [-0.05, 0) is 42.4 Å². The van der Waals surface area contributed by atoms with Crippen molar-refractivity contribution in [2.45, 2.75) is 39.7 Å². The molecule has 2 atom stereocenters. The number of hydrogen-bond donors (Lipinski definition) is 2. The van der Waals surface area contributed by atoms with Gasteiger partial charge >= 0.3 is 0 Å². The molecule has 0 spiro atoms. The maximum Gasteiger partial charge on any atom is 0.252 e. The molecule has 1 aliphatic carbocycles. The van der Waals surface area contributed by atoms with Crippen LogP contribution in [0.15, 0.2) is 55.0 Å². The van der Waals surface area contributed by atoms with Crippen molar-refractivity contribution >= 4 is 28.0 Å². The fourth-order valence-electron chi connectivity index (χ4n) is 4.72. The van der Waals surface area contributed by atoms with Crippen LogP contribution in [-0.4, -0.2) is 26.5 Å². The van der Waals surface area contributed by atoms with Gasteiger partial charge < -0.3 is 11.1 Å². The molecule has 0 saturated heterocycles. The highest BCUT2D eigenvalue weighted by molar-refractivity contribution is 6.02. The first-order chi connectivity index (χ1) is 14.8. The van der Waals surface area contributed by atoms with Crippen molar-refractivity contribution in [1.82, 2.24) is 14.6 Å². The van der Waals surface area contributed by atoms with Crippen molar-refractivity contribution in [1.29, 1.82) is 0 Å². The van der Waals surface area contributed by atoms with E-state index < -0.39 is 5.91 Å². The van der Waals surface area contributed by atoms with Gasteiger partial charge in [0, 0.05) is 34.9 Å². The highest BCUT2D eigenvalue weighted by Crippen LogP contribution is 2.44. The standard InChI is InChI=1S/C25H27N5O/c1-15-8-9-22(25(15,2)3)29-23-19(24(26)31)13-28-30-14-18(11-21(23)30)17-10-16-6-4-5-7-20(16)27-12-17/h4-7,10-15,22,29H,8-9H2,1-3H3,(H2,26,31)/t15?,22-/m1/s1. The van der Waals surface area contributed by atoms with E-state index in [1.54, 1.807) is 6.20 Å². The summed E-state index contributed by atoms with van der Waals surface area (Å²) < 4.78 is 1.81. The van der Waals surface area contributed by atoms with Crippen molar-refractivity contribution < 1.29 is 4.79 Å². The van der Waals surface area contributed by atoms with E-state index >= 15 is 0 Å². The third-order valence-corrected chi connectivity index (χ3v) is 7.20. The van der Waals surface area contributed by atoms with E-state index in [2.05, 4.69) is 54.4 Å². The molecule has 0 bridgehead atoms. The van der Waals surface area contributed by atoms with Gasteiger partial charge in [-0.3, -0.25) is 9.78 Å². The Labute approximate surface area is 181 Å². The third-order valence-electron chi connectivity index (χ3n) is 7.20. The predicted molar refractivity (Wildman–Crippen MR) is 124 cm³/mol. The molecule has 1 aromatic carbocycles. The number of carbonyl (C=O) groups is 1. The van der Waals surface area contributed by atoms with Crippen LogP contribution in [0.5, 0.6) is 0 Å². The fraction of sp³-hybridized carbons (Fsp3) is 0.320. The van der Waals surface area contributed by atoms with Crippen LogP contribution in [0.1, 0.15) is 44.0 Å². The molecule has 1 saturated carbocycles. The van der Waals surface area contributed by atoms with Crippen LogP contribution >= 0.6 is 0 Å². The summed E-state index contributed by atoms with van der Waals surface area (Å²) in [6.07, 6.45) is 7.63. The molecule has 6 heteroatoms. The number of nitrogens with one attached hydrogen (secondary N) is 1. The number of nitrogens with two attached hydrogens (primary N) is 1. The van der Waals surface area contributed by atoms with Crippen molar-refractivity contribution in [2.24, 2.45) is 17.1 Å². The lowest BCUT2D eigenvalue weighted by molar-refractivity contribution is 0.100. The van der Waals surface area contributed by atoms with Crippen LogP contribution in [0.4, 0.5) is 5.69 Å². The first-order valence-corrected chi connectivity index (χ1v) is 10.8. The summed E-state index contributed by atoms with van der Waals surface area (Å²) in [7, 11) is 0. The lowest BCUT2D eigenvalue weighted by atomic mass is 9.80. The molecule has 5 rings (SSSR count). The SMILES string of the molecule is CC1CC[C@@H](Nc2c(C(N)=O)cnn3cc(-c4cnc5ccccc5c4)cc23)C1(C)C. The highest BCUT2D eigenvalue weighted by atomic mass is 16.1. The monoisotopic (exact) mass is 413 g/mol. The number of nitrogens with zero attached hydrogens (tertiary/aromatic N) is 3. The Kier molecular flexibility index (Phi) is 4.46. The van der Waals surface area contributed by atoms with Crippen LogP contribution in [0.25, 0.3) is 27.5 Å². The van der Waals surface area contributed by atoms with E-state index in [1.165, 1.54) is 0 Å². The molecule has 3 N–H and O–H groups in total. The molecule has 1 unspecified atom stereocenters. The molecule has 3 aromatic heterocycles. The number of rotatable bonds is 4. The van der Waals surface area contributed by atoms with Crippen LogP contribution in [-0.2, 0) is 0 Å². The van der Waals surface area contributed by atoms with Crippen molar-refractivity contribution in [3.05, 3.63) is 60.6 Å². The zero-order valence-corrected chi connectivity index (χ0v) is 18.1. The van der Waals surface area contributed by atoms with Gasteiger partial charge in [-0.25, -0.2) is 4.52 Å². The quantitative estimate of drug-likeness (QED) is 0.499. The molecule has 3 heterocycles. The van der Waals surface area contributed by atoms with Gasteiger partial charge in [-0.1, -0.05) is 39.0 Å². The average Bonchev–Trinajstić information content (AvgIpc) is 3.30. The molecule has 1 fully saturated rings. The van der Waals surface area contributed by atoms with Gasteiger partial charge in [-0.2, -0.15) is 5.10 Å². The Balaban J connectivity index is 1.62. The first-order valence-electron chi connectivity index (χ1n) is 10.8. The van der Waals surface area contributed by atoms with Crippen LogP contribution in [0.3, 0.4) is 0 Å². The van der Waals surface area contributed by atoms with Crippen molar-refractivity contribution in [2.75, 3.05) is 5.32 Å². The predicted octanol–water partition coefficient (Wildman–Crippen LogP) is 4.89. The number of hydrogen-bond acceptors (Lipinski definition) is 4. The van der Waals surface area contributed by atoms with Gasteiger partial charge in [0.25, 0.3) is 5.91 Å². The second-order valence-electron chi connectivity index (χ2n) is 9.27. The number of carbonyl (C=O) groups excluding carboxylic acids is 1. The Morgan fingerprint density at radius 2 is 1.97 bits per heavy atom. The van der Waals surface area contributed by atoms with Crippen LogP contribution < -0.4 is 11.1 Å². The number of aromatic nitrogens is 3. The van der Waals surface area contributed by atoms with E-state index in [1.807, 2.05) is 35.1 Å². The van der Waals surface area contributed by atoms with E-state index in [0.717, 1.165) is 46.1 Å². The van der Waals surface area contributed by atoms with Gasteiger partial charge in [0.15, 0.2) is 0 Å². The second kappa shape index (κ2) is 7.08. The zero-order valence-electron chi connectivity index (χ0n) is 18.1. The maximum absolute atomic E-state index is 12.2. The number of anilines is 1. The minimum absolute atomic E-state index is 0.118. The molecule has 0 radical (unpaired) electrons. The summed E-state index contributed by atoms with van der Waals surface area (Å²) in [4.78, 5) is 16.8. The summed E-state index contributed by atoms with van der Waals surface area (Å²) in [5.41, 5.74) is 10.8. The topological polar surface area (TPSA) is 85.3 Å². The fourth-order valence-corrected chi connectivity index (χ4v) is 4.72. The number of benzene rings is 1. The number of para-hydroxylation sites is 1. The second-order valence-corrected chi connectivity index (χ2v) is 9.27. The van der Waals surface area contributed by atoms with Crippen LogP contribution in [0.2, 0.25) is 0 Å². The van der Waals surface area contributed by atoms with Gasteiger partial charge in [0.2, 0.25) is 0 Å². The highest BCUT2D eigenvalue weighted by Gasteiger charge is 2.41. The largest absolute Gasteiger partial charge is 0.379 e. The molecular weight excluding hydrogens is 386 g/mol. The lowest BCUT2D eigenvalue weighted by Crippen LogP contribution is -2.35. The zero-order chi connectivity index (χ0) is 21.8. The van der Waals surface area contributed by atoms with E-state index in [0.29, 0.717) is 11.5 Å². The Bertz CT molecular complexity index is 1310. The number of pyridine rings is 1.